The molecule has 6 nitrogen and oxygen atoms in total. The molecule has 2 aromatic carbocycles. The molecular weight excluding hydrogens is 361 g/mol. The van der Waals surface area contributed by atoms with E-state index in [0.717, 1.165) is 6.42 Å². The summed E-state index contributed by atoms with van der Waals surface area (Å²) in [7, 11) is 0. The number of rotatable bonds is 4. The fourth-order valence-corrected chi connectivity index (χ4v) is 3.81. The van der Waals surface area contributed by atoms with Crippen molar-refractivity contribution in [3.63, 3.8) is 0 Å². The van der Waals surface area contributed by atoms with E-state index in [1.54, 1.807) is 47.4 Å². The highest BCUT2D eigenvalue weighted by molar-refractivity contribution is 6.12. The molecular formula is C21H20FN3O3. The van der Waals surface area contributed by atoms with Crippen LogP contribution in [0.1, 0.15) is 28.8 Å². The van der Waals surface area contributed by atoms with Crippen molar-refractivity contribution in [2.75, 3.05) is 18.0 Å². The number of halogens is 1. The number of nitrogens with zero attached hydrogens (tertiary/aromatic N) is 2. The number of amides is 3. The van der Waals surface area contributed by atoms with Crippen LogP contribution in [-0.4, -0.2) is 41.8 Å². The molecule has 7 heteroatoms. The van der Waals surface area contributed by atoms with E-state index >= 15 is 0 Å². The number of anilines is 1. The van der Waals surface area contributed by atoms with E-state index in [4.69, 9.17) is 0 Å². The van der Waals surface area contributed by atoms with Crippen LogP contribution in [0.15, 0.2) is 48.5 Å². The van der Waals surface area contributed by atoms with Gasteiger partial charge in [0, 0.05) is 18.7 Å². The van der Waals surface area contributed by atoms with Crippen LogP contribution in [0.3, 0.4) is 0 Å². The van der Waals surface area contributed by atoms with E-state index in [0.29, 0.717) is 29.8 Å². The van der Waals surface area contributed by atoms with Crippen LogP contribution in [0.2, 0.25) is 0 Å². The number of nitrogens with one attached hydrogen (secondary N) is 1. The molecule has 2 heterocycles. The molecule has 1 atom stereocenters. The molecule has 1 N–H and O–H groups in total. The second kappa shape index (κ2) is 7.42. The van der Waals surface area contributed by atoms with Crippen molar-refractivity contribution >= 4 is 23.4 Å². The first-order valence-electron chi connectivity index (χ1n) is 9.28. The van der Waals surface area contributed by atoms with Gasteiger partial charge in [-0.15, -0.1) is 0 Å². The van der Waals surface area contributed by atoms with Gasteiger partial charge in [-0.2, -0.15) is 0 Å². The highest BCUT2D eigenvalue weighted by atomic mass is 19.1. The second-order valence-electron chi connectivity index (χ2n) is 6.97. The van der Waals surface area contributed by atoms with Gasteiger partial charge in [0.2, 0.25) is 11.8 Å². The quantitative estimate of drug-likeness (QED) is 0.882. The first kappa shape index (κ1) is 18.2. The van der Waals surface area contributed by atoms with Gasteiger partial charge in [0.25, 0.3) is 5.91 Å². The summed E-state index contributed by atoms with van der Waals surface area (Å²) in [5, 5.41) is 2.66. The minimum absolute atomic E-state index is 0.0314. The van der Waals surface area contributed by atoms with E-state index in [-0.39, 0.29) is 24.9 Å². The lowest BCUT2D eigenvalue weighted by Gasteiger charge is -2.25. The van der Waals surface area contributed by atoms with Gasteiger partial charge in [-0.1, -0.05) is 30.3 Å². The Morgan fingerprint density at radius 2 is 1.86 bits per heavy atom. The number of hydrogen-bond donors (Lipinski definition) is 1. The number of para-hydroxylation sites is 1. The Morgan fingerprint density at radius 3 is 2.68 bits per heavy atom. The third-order valence-electron chi connectivity index (χ3n) is 5.23. The molecule has 0 spiro atoms. The Kier molecular flexibility index (Phi) is 4.81. The smallest absolute Gasteiger partial charge is 0.256 e. The molecule has 0 aliphatic carbocycles. The molecule has 0 unspecified atom stereocenters. The standard InChI is InChI=1S/C21H20FN3O3/c22-16-8-3-1-6-14(16)12-23-19(26)13-25-17-9-4-2-7-15(17)20(27)24-11-5-10-18(24)21(25)28/h1-4,6-9,18H,5,10-13H2,(H,23,26)/t18-/m1/s1. The average Bonchev–Trinajstić information content (AvgIpc) is 3.18. The molecule has 4 rings (SSSR count). The second-order valence-corrected chi connectivity index (χ2v) is 6.97. The summed E-state index contributed by atoms with van der Waals surface area (Å²) < 4.78 is 13.7. The van der Waals surface area contributed by atoms with Crippen LogP contribution in [0.4, 0.5) is 10.1 Å². The van der Waals surface area contributed by atoms with Crippen molar-refractivity contribution in [3.05, 3.63) is 65.5 Å². The first-order valence-corrected chi connectivity index (χ1v) is 9.28. The fourth-order valence-electron chi connectivity index (χ4n) is 3.81. The molecule has 1 fully saturated rings. The van der Waals surface area contributed by atoms with Gasteiger partial charge in [0.05, 0.1) is 11.3 Å². The Morgan fingerprint density at radius 1 is 1.11 bits per heavy atom. The maximum Gasteiger partial charge on any atom is 0.256 e. The van der Waals surface area contributed by atoms with Gasteiger partial charge in [0.15, 0.2) is 0 Å². The van der Waals surface area contributed by atoms with Crippen molar-refractivity contribution in [2.45, 2.75) is 25.4 Å². The van der Waals surface area contributed by atoms with Crippen molar-refractivity contribution < 1.29 is 18.8 Å². The minimum Gasteiger partial charge on any atom is -0.350 e. The molecule has 0 bridgehead atoms. The molecule has 2 aromatic rings. The van der Waals surface area contributed by atoms with Crippen LogP contribution in [0.25, 0.3) is 0 Å². The number of benzene rings is 2. The largest absolute Gasteiger partial charge is 0.350 e. The normalized spacial score (nSPS) is 18.5. The summed E-state index contributed by atoms with van der Waals surface area (Å²) in [6.07, 6.45) is 1.35. The predicted octanol–water partition coefficient (Wildman–Crippen LogP) is 2.09. The molecule has 2 aliphatic heterocycles. The summed E-state index contributed by atoms with van der Waals surface area (Å²) in [5.41, 5.74) is 1.23. The van der Waals surface area contributed by atoms with Gasteiger partial charge >= 0.3 is 0 Å². The third kappa shape index (κ3) is 3.24. The topological polar surface area (TPSA) is 69.7 Å². The zero-order chi connectivity index (χ0) is 19.7. The summed E-state index contributed by atoms with van der Waals surface area (Å²) in [5.74, 6) is -1.24. The van der Waals surface area contributed by atoms with Gasteiger partial charge in [0.1, 0.15) is 18.4 Å². The van der Waals surface area contributed by atoms with Crippen molar-refractivity contribution in [1.29, 1.82) is 0 Å². The average molecular weight is 381 g/mol. The van der Waals surface area contributed by atoms with E-state index in [1.807, 2.05) is 0 Å². The Balaban J connectivity index is 1.56. The summed E-state index contributed by atoms with van der Waals surface area (Å²) in [6.45, 7) is 0.350. The fraction of sp³-hybridized carbons (Fsp3) is 0.286. The lowest BCUT2D eigenvalue weighted by Crippen LogP contribution is -2.48. The van der Waals surface area contributed by atoms with Crippen LogP contribution < -0.4 is 10.2 Å². The Labute approximate surface area is 161 Å². The van der Waals surface area contributed by atoms with Gasteiger partial charge in [-0.3, -0.25) is 14.4 Å². The molecule has 2 aliphatic rings. The summed E-state index contributed by atoms with van der Waals surface area (Å²) in [6, 6.07) is 12.5. The van der Waals surface area contributed by atoms with E-state index in [1.165, 1.54) is 11.0 Å². The van der Waals surface area contributed by atoms with Crippen LogP contribution in [-0.2, 0) is 16.1 Å². The summed E-state index contributed by atoms with van der Waals surface area (Å²) >= 11 is 0. The molecule has 1 saturated heterocycles. The van der Waals surface area contributed by atoms with Gasteiger partial charge in [-0.25, -0.2) is 4.39 Å². The zero-order valence-corrected chi connectivity index (χ0v) is 15.2. The van der Waals surface area contributed by atoms with E-state index in [2.05, 4.69) is 5.32 Å². The third-order valence-corrected chi connectivity index (χ3v) is 5.23. The highest BCUT2D eigenvalue weighted by Crippen LogP contribution is 2.32. The lowest BCUT2D eigenvalue weighted by molar-refractivity contribution is -0.125. The number of carbonyl (C=O) groups is 3. The number of fused-ring (bicyclic) bond motifs is 2. The Hall–Kier alpha value is -3.22. The lowest BCUT2D eigenvalue weighted by atomic mass is 10.1. The molecule has 0 saturated carbocycles. The van der Waals surface area contributed by atoms with Crippen LogP contribution >= 0.6 is 0 Å². The van der Waals surface area contributed by atoms with E-state index in [9.17, 15) is 18.8 Å². The SMILES string of the molecule is O=C(CN1C(=O)[C@H]2CCCN2C(=O)c2ccccc21)NCc1ccccc1F. The highest BCUT2D eigenvalue weighted by Gasteiger charge is 2.42. The zero-order valence-electron chi connectivity index (χ0n) is 15.2. The van der Waals surface area contributed by atoms with Gasteiger partial charge < -0.3 is 15.1 Å². The van der Waals surface area contributed by atoms with Crippen molar-refractivity contribution in [1.82, 2.24) is 10.2 Å². The first-order chi connectivity index (χ1) is 13.6. The van der Waals surface area contributed by atoms with E-state index < -0.39 is 17.8 Å². The molecule has 3 amide bonds. The number of hydrogen-bond acceptors (Lipinski definition) is 3. The predicted molar refractivity (Wildman–Crippen MR) is 101 cm³/mol. The maximum atomic E-state index is 13.7. The molecule has 28 heavy (non-hydrogen) atoms. The van der Waals surface area contributed by atoms with Crippen LogP contribution in [0, 0.1) is 5.82 Å². The monoisotopic (exact) mass is 381 g/mol. The van der Waals surface area contributed by atoms with Gasteiger partial charge in [-0.05, 0) is 31.0 Å². The molecule has 0 radical (unpaired) electrons. The summed E-state index contributed by atoms with van der Waals surface area (Å²) in [4.78, 5) is 41.4. The number of carbonyl (C=O) groups excluding carboxylic acids is 3. The molecule has 0 aromatic heterocycles. The Bertz CT molecular complexity index is 946. The van der Waals surface area contributed by atoms with Crippen molar-refractivity contribution in [2.24, 2.45) is 0 Å². The minimum atomic E-state index is -0.542. The molecule has 144 valence electrons. The van der Waals surface area contributed by atoms with Crippen LogP contribution in [0.5, 0.6) is 0 Å². The maximum absolute atomic E-state index is 13.7. The van der Waals surface area contributed by atoms with Crippen molar-refractivity contribution in [3.8, 4) is 0 Å².